The van der Waals surface area contributed by atoms with E-state index in [1.54, 1.807) is 0 Å². The predicted molar refractivity (Wildman–Crippen MR) is 81.2 cm³/mol. The standard InChI is InChI=1S/C17H32N2/c1-14-5-4-6-16(13-18)19(14)15-7-11-17(12-8-15)9-2-3-10-17/h14-16H,2-13,18H2,1H3. The van der Waals surface area contributed by atoms with Crippen LogP contribution in [0.1, 0.15) is 77.6 Å². The van der Waals surface area contributed by atoms with Crippen molar-refractivity contribution < 1.29 is 0 Å². The third kappa shape index (κ3) is 2.71. The maximum Gasteiger partial charge on any atom is 0.0224 e. The number of nitrogens with zero attached hydrogens (tertiary/aromatic N) is 1. The fourth-order valence-corrected chi connectivity index (χ4v) is 5.34. The molecular formula is C17H32N2. The van der Waals surface area contributed by atoms with Gasteiger partial charge in [0.1, 0.15) is 0 Å². The second-order valence-corrected chi connectivity index (χ2v) is 7.55. The van der Waals surface area contributed by atoms with Crippen LogP contribution in [0.5, 0.6) is 0 Å². The molecule has 2 aliphatic carbocycles. The summed E-state index contributed by atoms with van der Waals surface area (Å²) in [5.41, 5.74) is 6.81. The molecule has 1 spiro atoms. The third-order valence-electron chi connectivity index (χ3n) is 6.46. The van der Waals surface area contributed by atoms with Crippen molar-refractivity contribution in [1.82, 2.24) is 4.90 Å². The van der Waals surface area contributed by atoms with Crippen LogP contribution in [0.15, 0.2) is 0 Å². The normalized spacial score (nSPS) is 36.9. The monoisotopic (exact) mass is 264 g/mol. The molecular weight excluding hydrogens is 232 g/mol. The Morgan fingerprint density at radius 3 is 2.26 bits per heavy atom. The van der Waals surface area contributed by atoms with Gasteiger partial charge in [0.15, 0.2) is 0 Å². The lowest BCUT2D eigenvalue weighted by molar-refractivity contribution is 0.00988. The molecule has 3 fully saturated rings. The minimum atomic E-state index is 0.673. The van der Waals surface area contributed by atoms with Crippen molar-refractivity contribution in [2.45, 2.75) is 95.7 Å². The van der Waals surface area contributed by atoms with Crippen LogP contribution in [-0.2, 0) is 0 Å². The van der Waals surface area contributed by atoms with Gasteiger partial charge >= 0.3 is 0 Å². The van der Waals surface area contributed by atoms with Crippen LogP contribution in [0.2, 0.25) is 0 Å². The lowest BCUT2D eigenvalue weighted by Crippen LogP contribution is -2.55. The Bertz CT molecular complexity index is 286. The molecule has 2 nitrogen and oxygen atoms in total. The first kappa shape index (κ1) is 13.9. The largest absolute Gasteiger partial charge is 0.329 e. The quantitative estimate of drug-likeness (QED) is 0.824. The molecule has 3 rings (SSSR count). The molecule has 19 heavy (non-hydrogen) atoms. The first-order chi connectivity index (χ1) is 9.24. The Labute approximate surface area is 119 Å². The van der Waals surface area contributed by atoms with Crippen molar-refractivity contribution >= 4 is 0 Å². The van der Waals surface area contributed by atoms with Crippen LogP contribution in [0.3, 0.4) is 0 Å². The Kier molecular flexibility index (Phi) is 4.19. The number of rotatable bonds is 2. The highest BCUT2D eigenvalue weighted by atomic mass is 15.2. The Morgan fingerprint density at radius 1 is 0.947 bits per heavy atom. The van der Waals surface area contributed by atoms with Crippen LogP contribution in [0.25, 0.3) is 0 Å². The van der Waals surface area contributed by atoms with Crippen LogP contribution < -0.4 is 5.73 Å². The number of hydrogen-bond acceptors (Lipinski definition) is 2. The van der Waals surface area contributed by atoms with Gasteiger partial charge in [-0.3, -0.25) is 4.90 Å². The Morgan fingerprint density at radius 2 is 1.63 bits per heavy atom. The molecule has 110 valence electrons. The lowest BCUT2D eigenvalue weighted by Gasteiger charge is -2.49. The molecule has 1 aliphatic heterocycles. The van der Waals surface area contributed by atoms with Crippen LogP contribution in [0, 0.1) is 5.41 Å². The van der Waals surface area contributed by atoms with E-state index in [2.05, 4.69) is 11.8 Å². The van der Waals surface area contributed by atoms with E-state index in [4.69, 9.17) is 5.73 Å². The van der Waals surface area contributed by atoms with E-state index in [1.807, 2.05) is 0 Å². The number of hydrogen-bond donors (Lipinski definition) is 1. The molecule has 2 heteroatoms. The molecule has 3 aliphatic rings. The molecule has 2 atom stereocenters. The molecule has 2 unspecified atom stereocenters. The van der Waals surface area contributed by atoms with E-state index in [0.29, 0.717) is 6.04 Å². The van der Waals surface area contributed by atoms with Gasteiger partial charge in [0.05, 0.1) is 0 Å². The van der Waals surface area contributed by atoms with Crippen molar-refractivity contribution in [3.05, 3.63) is 0 Å². The molecule has 2 saturated carbocycles. The summed E-state index contributed by atoms with van der Waals surface area (Å²) in [5, 5.41) is 0. The zero-order chi connectivity index (χ0) is 13.3. The average Bonchev–Trinajstić information content (AvgIpc) is 2.88. The number of piperidine rings is 1. The van der Waals surface area contributed by atoms with Gasteiger partial charge in [-0.15, -0.1) is 0 Å². The minimum absolute atomic E-state index is 0.673. The summed E-state index contributed by atoms with van der Waals surface area (Å²) in [6, 6.07) is 2.28. The molecule has 1 saturated heterocycles. The Hall–Kier alpha value is -0.0800. The summed E-state index contributed by atoms with van der Waals surface area (Å²) in [6.07, 6.45) is 16.0. The Balaban J connectivity index is 1.62. The molecule has 0 bridgehead atoms. The van der Waals surface area contributed by atoms with E-state index < -0.39 is 0 Å². The molecule has 2 N–H and O–H groups in total. The average molecular weight is 264 g/mol. The fourth-order valence-electron chi connectivity index (χ4n) is 5.34. The van der Waals surface area contributed by atoms with E-state index >= 15 is 0 Å². The van der Waals surface area contributed by atoms with E-state index in [1.165, 1.54) is 70.6 Å². The van der Waals surface area contributed by atoms with Gasteiger partial charge in [0.2, 0.25) is 0 Å². The topological polar surface area (TPSA) is 29.3 Å². The SMILES string of the molecule is CC1CCCC(CN)N1C1CCC2(CCCC2)CC1. The van der Waals surface area contributed by atoms with Crippen molar-refractivity contribution in [1.29, 1.82) is 0 Å². The summed E-state index contributed by atoms with van der Waals surface area (Å²) >= 11 is 0. The van der Waals surface area contributed by atoms with Crippen molar-refractivity contribution in [2.75, 3.05) is 6.54 Å². The number of nitrogens with two attached hydrogens (primary N) is 1. The summed E-state index contributed by atoms with van der Waals surface area (Å²) < 4.78 is 0. The maximum absolute atomic E-state index is 6.04. The van der Waals surface area contributed by atoms with Crippen LogP contribution >= 0.6 is 0 Å². The molecule has 0 aromatic rings. The van der Waals surface area contributed by atoms with Gasteiger partial charge in [-0.2, -0.15) is 0 Å². The second-order valence-electron chi connectivity index (χ2n) is 7.55. The van der Waals surface area contributed by atoms with E-state index in [0.717, 1.165) is 24.0 Å². The van der Waals surface area contributed by atoms with Gasteiger partial charge < -0.3 is 5.73 Å². The highest BCUT2D eigenvalue weighted by Gasteiger charge is 2.41. The van der Waals surface area contributed by atoms with E-state index in [9.17, 15) is 0 Å². The summed E-state index contributed by atoms with van der Waals surface area (Å²) in [4.78, 5) is 2.82. The van der Waals surface area contributed by atoms with Crippen LogP contribution in [0.4, 0.5) is 0 Å². The lowest BCUT2D eigenvalue weighted by atomic mass is 9.70. The molecule has 0 radical (unpaired) electrons. The highest BCUT2D eigenvalue weighted by molar-refractivity contribution is 4.95. The van der Waals surface area contributed by atoms with Crippen LogP contribution in [-0.4, -0.2) is 29.6 Å². The second kappa shape index (κ2) is 5.73. The third-order valence-corrected chi connectivity index (χ3v) is 6.46. The summed E-state index contributed by atoms with van der Waals surface area (Å²) in [5.74, 6) is 0. The fraction of sp³-hybridized carbons (Fsp3) is 1.00. The maximum atomic E-state index is 6.04. The molecule has 1 heterocycles. The zero-order valence-corrected chi connectivity index (χ0v) is 12.7. The van der Waals surface area contributed by atoms with Crippen molar-refractivity contribution in [2.24, 2.45) is 11.1 Å². The van der Waals surface area contributed by atoms with Gasteiger partial charge in [-0.05, 0) is 63.7 Å². The van der Waals surface area contributed by atoms with Gasteiger partial charge in [0, 0.05) is 24.7 Å². The molecule has 0 aromatic carbocycles. The van der Waals surface area contributed by atoms with Gasteiger partial charge in [0.25, 0.3) is 0 Å². The van der Waals surface area contributed by atoms with Gasteiger partial charge in [-0.1, -0.05) is 19.3 Å². The highest BCUT2D eigenvalue weighted by Crippen LogP contribution is 2.50. The number of likely N-dealkylation sites (tertiary alicyclic amines) is 1. The summed E-state index contributed by atoms with van der Waals surface area (Å²) in [6.45, 7) is 3.30. The van der Waals surface area contributed by atoms with Crippen molar-refractivity contribution in [3.8, 4) is 0 Å². The predicted octanol–water partition coefficient (Wildman–Crippen LogP) is 3.69. The van der Waals surface area contributed by atoms with E-state index in [-0.39, 0.29) is 0 Å². The zero-order valence-electron chi connectivity index (χ0n) is 12.7. The summed E-state index contributed by atoms with van der Waals surface area (Å²) in [7, 11) is 0. The molecule has 0 aromatic heterocycles. The van der Waals surface area contributed by atoms with Crippen molar-refractivity contribution in [3.63, 3.8) is 0 Å². The minimum Gasteiger partial charge on any atom is -0.329 e. The molecule has 0 amide bonds. The first-order valence-electron chi connectivity index (χ1n) is 8.72. The first-order valence-corrected chi connectivity index (χ1v) is 8.72. The smallest absolute Gasteiger partial charge is 0.0224 e. The van der Waals surface area contributed by atoms with Gasteiger partial charge in [-0.25, -0.2) is 0 Å².